The molecule has 6 heteroatoms. The quantitative estimate of drug-likeness (QED) is 0.786. The predicted molar refractivity (Wildman–Crippen MR) is 91.4 cm³/mol. The molecule has 0 aliphatic carbocycles. The fraction of sp³-hybridized carbons (Fsp3) is 0.235. The van der Waals surface area contributed by atoms with E-state index in [4.69, 9.17) is 32.7 Å². The fourth-order valence-electron chi connectivity index (χ4n) is 2.02. The smallest absolute Gasteiger partial charge is 0.260 e. The van der Waals surface area contributed by atoms with Gasteiger partial charge >= 0.3 is 0 Å². The minimum absolute atomic E-state index is 0.119. The molecule has 23 heavy (non-hydrogen) atoms. The predicted octanol–water partition coefficient (Wildman–Crippen LogP) is 4.04. The second-order valence-electron chi connectivity index (χ2n) is 4.90. The highest BCUT2D eigenvalue weighted by molar-refractivity contribution is 6.42. The number of amides is 1. The number of hydrogen-bond acceptors (Lipinski definition) is 3. The third-order valence-corrected chi connectivity index (χ3v) is 4.09. The summed E-state index contributed by atoms with van der Waals surface area (Å²) in [4.78, 5) is 13.8. The van der Waals surface area contributed by atoms with Crippen molar-refractivity contribution < 1.29 is 14.3 Å². The lowest BCUT2D eigenvalue weighted by Gasteiger charge is -2.19. The number of nitrogens with zero attached hydrogens (tertiary/aromatic N) is 1. The average molecular weight is 354 g/mol. The number of halogens is 2. The van der Waals surface area contributed by atoms with Crippen molar-refractivity contribution >= 4 is 29.1 Å². The van der Waals surface area contributed by atoms with Crippen LogP contribution in [0.25, 0.3) is 0 Å². The van der Waals surface area contributed by atoms with Crippen LogP contribution in [0.3, 0.4) is 0 Å². The Morgan fingerprint density at radius 1 is 1.09 bits per heavy atom. The van der Waals surface area contributed by atoms with Crippen LogP contribution in [-0.2, 0) is 11.3 Å². The molecule has 4 nitrogen and oxygen atoms in total. The summed E-state index contributed by atoms with van der Waals surface area (Å²) in [7, 11) is 3.31. The van der Waals surface area contributed by atoms with Gasteiger partial charge in [0.25, 0.3) is 5.91 Å². The molecule has 122 valence electrons. The van der Waals surface area contributed by atoms with Crippen LogP contribution >= 0.6 is 23.2 Å². The first-order valence-corrected chi connectivity index (χ1v) is 7.71. The Morgan fingerprint density at radius 3 is 2.52 bits per heavy atom. The monoisotopic (exact) mass is 353 g/mol. The third kappa shape index (κ3) is 4.53. The molecule has 2 rings (SSSR count). The second-order valence-corrected chi connectivity index (χ2v) is 5.69. The van der Waals surface area contributed by atoms with E-state index < -0.39 is 0 Å². The number of hydrogen-bond donors (Lipinski definition) is 0. The van der Waals surface area contributed by atoms with E-state index in [0.29, 0.717) is 22.3 Å². The first-order valence-electron chi connectivity index (χ1n) is 6.95. The Bertz CT molecular complexity index is 691. The van der Waals surface area contributed by atoms with Crippen molar-refractivity contribution in [1.82, 2.24) is 4.90 Å². The lowest BCUT2D eigenvalue weighted by Crippen LogP contribution is -2.31. The van der Waals surface area contributed by atoms with Crippen LogP contribution < -0.4 is 9.47 Å². The highest BCUT2D eigenvalue weighted by Crippen LogP contribution is 2.31. The molecule has 1 amide bonds. The zero-order valence-corrected chi connectivity index (χ0v) is 14.4. The van der Waals surface area contributed by atoms with E-state index in [2.05, 4.69) is 0 Å². The van der Waals surface area contributed by atoms with Crippen LogP contribution in [0.1, 0.15) is 5.56 Å². The topological polar surface area (TPSA) is 38.8 Å². The third-order valence-electron chi connectivity index (χ3n) is 3.29. The van der Waals surface area contributed by atoms with Crippen molar-refractivity contribution in [3.63, 3.8) is 0 Å². The summed E-state index contributed by atoms with van der Waals surface area (Å²) in [5, 5.41) is 0.688. The summed E-state index contributed by atoms with van der Waals surface area (Å²) in [6.45, 7) is 0.307. The lowest BCUT2D eigenvalue weighted by atomic mass is 10.2. The highest BCUT2D eigenvalue weighted by Gasteiger charge is 2.14. The summed E-state index contributed by atoms with van der Waals surface area (Å²) < 4.78 is 10.7. The van der Waals surface area contributed by atoms with E-state index >= 15 is 0 Å². The molecule has 0 aromatic heterocycles. The maximum Gasteiger partial charge on any atom is 0.260 e. The first kappa shape index (κ1) is 17.4. The van der Waals surface area contributed by atoms with Gasteiger partial charge in [-0.25, -0.2) is 0 Å². The molecule has 0 atom stereocenters. The molecule has 0 N–H and O–H groups in total. The molecule has 0 aliphatic rings. The second kappa shape index (κ2) is 8.09. The fourth-order valence-corrected chi connectivity index (χ4v) is 2.37. The van der Waals surface area contributed by atoms with Crippen molar-refractivity contribution in [3.8, 4) is 11.5 Å². The standard InChI is InChI=1S/C17H17Cl2NO3/c1-20(10-12-6-3-4-8-14(12)22-2)16(21)11-23-15-9-5-7-13(18)17(15)19/h3-9H,10-11H2,1-2H3. The Balaban J connectivity index is 1.96. The van der Waals surface area contributed by atoms with Gasteiger partial charge in [-0.2, -0.15) is 0 Å². The normalized spacial score (nSPS) is 10.3. The molecule has 2 aromatic rings. The van der Waals surface area contributed by atoms with E-state index in [1.807, 2.05) is 24.3 Å². The number of benzene rings is 2. The van der Waals surface area contributed by atoms with Crippen LogP contribution in [0.4, 0.5) is 0 Å². The van der Waals surface area contributed by atoms with Gasteiger partial charge in [-0.1, -0.05) is 47.5 Å². The van der Waals surface area contributed by atoms with Gasteiger partial charge in [0.05, 0.1) is 12.1 Å². The van der Waals surface area contributed by atoms with Crippen molar-refractivity contribution in [1.29, 1.82) is 0 Å². The van der Waals surface area contributed by atoms with Gasteiger partial charge < -0.3 is 14.4 Å². The average Bonchev–Trinajstić information content (AvgIpc) is 2.56. The van der Waals surface area contributed by atoms with Gasteiger partial charge in [0, 0.05) is 19.2 Å². The van der Waals surface area contributed by atoms with Gasteiger partial charge in [-0.3, -0.25) is 4.79 Å². The summed E-state index contributed by atoms with van der Waals surface area (Å²) >= 11 is 11.9. The highest BCUT2D eigenvalue weighted by atomic mass is 35.5. The summed E-state index contributed by atoms with van der Waals surface area (Å²) in [6, 6.07) is 12.6. The zero-order valence-electron chi connectivity index (χ0n) is 12.9. The summed E-state index contributed by atoms with van der Waals surface area (Å²) in [6.07, 6.45) is 0. The molecule has 0 saturated carbocycles. The molecular weight excluding hydrogens is 337 g/mol. The van der Waals surface area contributed by atoms with E-state index in [1.54, 1.807) is 37.3 Å². The minimum Gasteiger partial charge on any atom is -0.496 e. The Morgan fingerprint density at radius 2 is 1.78 bits per heavy atom. The van der Waals surface area contributed by atoms with Crippen LogP contribution in [0.5, 0.6) is 11.5 Å². The first-order chi connectivity index (χ1) is 11.0. The number of methoxy groups -OCH3 is 1. The molecule has 2 aromatic carbocycles. The van der Waals surface area contributed by atoms with Gasteiger partial charge in [0.15, 0.2) is 6.61 Å². The minimum atomic E-state index is -0.174. The number of rotatable bonds is 6. The van der Waals surface area contributed by atoms with Crippen LogP contribution in [0.2, 0.25) is 10.0 Å². The van der Waals surface area contributed by atoms with Crippen molar-refractivity contribution in [3.05, 3.63) is 58.1 Å². The van der Waals surface area contributed by atoms with Gasteiger partial charge in [-0.05, 0) is 18.2 Å². The van der Waals surface area contributed by atoms with E-state index in [-0.39, 0.29) is 12.5 Å². The Kier molecular flexibility index (Phi) is 6.13. The van der Waals surface area contributed by atoms with Crippen molar-refractivity contribution in [2.75, 3.05) is 20.8 Å². The molecule has 0 bridgehead atoms. The van der Waals surface area contributed by atoms with E-state index in [9.17, 15) is 4.79 Å². The molecule has 0 fully saturated rings. The maximum absolute atomic E-state index is 12.2. The number of carbonyl (C=O) groups excluding carboxylic acids is 1. The number of para-hydroxylation sites is 1. The van der Waals surface area contributed by atoms with Crippen LogP contribution in [0.15, 0.2) is 42.5 Å². The van der Waals surface area contributed by atoms with Gasteiger partial charge in [-0.15, -0.1) is 0 Å². The van der Waals surface area contributed by atoms with E-state index in [1.165, 1.54) is 0 Å². The van der Waals surface area contributed by atoms with Crippen LogP contribution in [-0.4, -0.2) is 31.6 Å². The SMILES string of the molecule is COc1ccccc1CN(C)C(=O)COc1cccc(Cl)c1Cl. The van der Waals surface area contributed by atoms with Crippen molar-refractivity contribution in [2.24, 2.45) is 0 Å². The zero-order chi connectivity index (χ0) is 16.8. The summed E-state index contributed by atoms with van der Waals surface area (Å²) in [5.74, 6) is 0.955. The van der Waals surface area contributed by atoms with E-state index in [0.717, 1.165) is 11.3 Å². The lowest BCUT2D eigenvalue weighted by molar-refractivity contribution is -0.132. The molecular formula is C17H17Cl2NO3. The van der Waals surface area contributed by atoms with Gasteiger partial charge in [0.1, 0.15) is 16.5 Å². The Hall–Kier alpha value is -1.91. The molecule has 0 radical (unpaired) electrons. The molecule has 0 unspecified atom stereocenters. The summed E-state index contributed by atoms with van der Waals surface area (Å²) in [5.41, 5.74) is 0.923. The number of ether oxygens (including phenoxy) is 2. The number of carbonyl (C=O) groups is 1. The van der Waals surface area contributed by atoms with Gasteiger partial charge in [0.2, 0.25) is 0 Å². The molecule has 0 heterocycles. The Labute approximate surface area is 145 Å². The van der Waals surface area contributed by atoms with Crippen molar-refractivity contribution in [2.45, 2.75) is 6.54 Å². The molecule has 0 saturated heterocycles. The van der Waals surface area contributed by atoms with Crippen LogP contribution in [0, 0.1) is 0 Å². The molecule has 0 spiro atoms. The number of likely N-dealkylation sites (N-methyl/N-ethyl adjacent to an activating group) is 1. The largest absolute Gasteiger partial charge is 0.496 e. The molecule has 0 aliphatic heterocycles. The maximum atomic E-state index is 12.2.